The zero-order valence-corrected chi connectivity index (χ0v) is 44.1. The largest absolute Gasteiger partial charge is 0.508 e. The number of likely N-dealkylation sites (tertiary alicyclic amines) is 1. The number of hydrogen-bond acceptors (Lipinski definition) is 17. The van der Waals surface area contributed by atoms with Crippen molar-refractivity contribution in [1.29, 1.82) is 0 Å². The van der Waals surface area contributed by atoms with Crippen LogP contribution in [0.25, 0.3) is 21.5 Å². The highest BCUT2D eigenvalue weighted by molar-refractivity contribution is 5.97. The number of aliphatic hydroxyl groups excluding tert-OH is 1. The molecule has 7 heterocycles. The van der Waals surface area contributed by atoms with E-state index in [1.165, 1.54) is 6.08 Å². The van der Waals surface area contributed by atoms with Gasteiger partial charge >= 0.3 is 12.0 Å². The van der Waals surface area contributed by atoms with Crippen molar-refractivity contribution in [3.8, 4) is 23.5 Å². The van der Waals surface area contributed by atoms with Crippen LogP contribution in [0.5, 0.6) is 23.5 Å². The van der Waals surface area contributed by atoms with E-state index in [1.54, 1.807) is 12.1 Å². The van der Waals surface area contributed by atoms with Crippen molar-refractivity contribution in [3.05, 3.63) is 121 Å². The number of anilines is 4. The van der Waals surface area contributed by atoms with Crippen LogP contribution in [0.1, 0.15) is 28.9 Å². The quantitative estimate of drug-likeness (QED) is 0.0450. The predicted molar refractivity (Wildman–Crippen MR) is 297 cm³/mol. The minimum absolute atomic E-state index is 0.0220. The summed E-state index contributed by atoms with van der Waals surface area (Å²) < 4.78 is 19.2. The number of likely N-dealkylation sites (N-methyl/N-ethyl adjacent to an activating group) is 1. The first-order chi connectivity index (χ1) is 36.9. The number of rotatable bonds is 19. The number of carbonyl (C=O) groups is 1. The first-order valence-electron chi connectivity index (χ1n) is 26.6. The number of aromatic hydroxyl groups is 1. The van der Waals surface area contributed by atoms with E-state index in [2.05, 4.69) is 99.1 Å². The third kappa shape index (κ3) is 10.6. The summed E-state index contributed by atoms with van der Waals surface area (Å²) in [6.07, 6.45) is 4.67. The lowest BCUT2D eigenvalue weighted by molar-refractivity contribution is -0.139. The summed E-state index contributed by atoms with van der Waals surface area (Å²) in [7, 11) is 6.13. The molecule has 6 aromatic rings. The zero-order valence-electron chi connectivity index (χ0n) is 44.1. The van der Waals surface area contributed by atoms with Gasteiger partial charge in [0.1, 0.15) is 42.7 Å². The number of fused-ring (bicyclic) bond motifs is 4. The Labute approximate surface area is 445 Å². The first kappa shape index (κ1) is 50.9. The van der Waals surface area contributed by atoms with Gasteiger partial charge in [-0.25, -0.2) is 0 Å². The number of ether oxygens (including phenoxy) is 3. The van der Waals surface area contributed by atoms with E-state index < -0.39 is 6.23 Å². The molecule has 1 unspecified atom stereocenters. The van der Waals surface area contributed by atoms with Gasteiger partial charge in [-0.15, -0.1) is 0 Å². The van der Waals surface area contributed by atoms with Crippen molar-refractivity contribution in [3.63, 3.8) is 0 Å². The van der Waals surface area contributed by atoms with Gasteiger partial charge in [-0.2, -0.15) is 19.9 Å². The molecule has 0 aliphatic carbocycles. The third-order valence-corrected chi connectivity index (χ3v) is 15.6. The summed E-state index contributed by atoms with van der Waals surface area (Å²) in [5, 5.41) is 25.5. The molecule has 4 aromatic carbocycles. The van der Waals surface area contributed by atoms with Crippen LogP contribution in [0.15, 0.2) is 98.1 Å². The highest BCUT2D eigenvalue weighted by Gasteiger charge is 2.54. The number of nitrogens with zero attached hydrogens (tertiary/aromatic N) is 12. The van der Waals surface area contributed by atoms with Gasteiger partial charge in [0.05, 0.1) is 31.1 Å². The number of phenolic OH excluding ortho intramolecular Hbond substituents is 1. The van der Waals surface area contributed by atoms with Crippen LogP contribution in [0.3, 0.4) is 0 Å². The van der Waals surface area contributed by atoms with Gasteiger partial charge < -0.3 is 53.8 Å². The molecule has 11 rings (SSSR count). The van der Waals surface area contributed by atoms with Crippen molar-refractivity contribution < 1.29 is 29.2 Å². The highest BCUT2D eigenvalue weighted by atomic mass is 16.5. The Bertz CT molecular complexity index is 3110. The van der Waals surface area contributed by atoms with E-state index in [0.717, 1.165) is 151 Å². The van der Waals surface area contributed by atoms with Gasteiger partial charge in [0.15, 0.2) is 0 Å². The maximum absolute atomic E-state index is 12.3. The van der Waals surface area contributed by atoms with Crippen molar-refractivity contribution in [1.82, 2.24) is 39.5 Å². The Balaban J connectivity index is 0.774. The molecule has 5 aliphatic heterocycles. The maximum Gasteiger partial charge on any atom is 0.318 e. The molecule has 1 spiro atoms. The molecular weight excluding hydrogens is 961 g/mol. The number of hydrogen-bond donors (Lipinski definition) is 2. The number of benzene rings is 4. The number of aliphatic hydroxyl groups is 1. The maximum atomic E-state index is 12.3. The van der Waals surface area contributed by atoms with Crippen LogP contribution in [-0.4, -0.2) is 182 Å². The Morgan fingerprint density at radius 1 is 0.697 bits per heavy atom. The molecule has 2 aromatic heterocycles. The summed E-state index contributed by atoms with van der Waals surface area (Å²) >= 11 is 0. The lowest BCUT2D eigenvalue weighted by Crippen LogP contribution is -2.73. The Morgan fingerprint density at radius 2 is 1.29 bits per heavy atom. The van der Waals surface area contributed by atoms with Crippen LogP contribution in [0.2, 0.25) is 0 Å². The van der Waals surface area contributed by atoms with Gasteiger partial charge in [0, 0.05) is 129 Å². The molecule has 0 bridgehead atoms. The standard InChI is InChI=1S/C58H70N12O6/c1-6-52(72)65-22-24-66(25-23-65)54-46-17-21-68(34-48(46)59-56(61-54)74-27-12-19-63(3)4)51-32-43(30-41-14-9-11-16-45(41)51)76-39-64(5)26-28-75-57-60-49-33-67(50-31-42(71)29-40-13-8-10-15-44(40)50)20-18-47(49)55(62-57)70-37-58(38-70)35-69(36-58)53(73)7-2/h6-11,13-16,29-32,52,71-72H,1-2,12,17-28,33-39H2,3-5H3. The molecule has 0 saturated carbocycles. The fraction of sp³-hybridized carbons (Fsp3) is 0.431. The van der Waals surface area contributed by atoms with Gasteiger partial charge in [0.2, 0.25) is 5.91 Å². The minimum Gasteiger partial charge on any atom is -0.508 e. The molecule has 3 fully saturated rings. The fourth-order valence-electron chi connectivity index (χ4n) is 11.6. The summed E-state index contributed by atoms with van der Waals surface area (Å²) in [6.45, 7) is 18.7. The van der Waals surface area contributed by atoms with E-state index in [1.807, 2.05) is 41.1 Å². The van der Waals surface area contributed by atoms with Crippen molar-refractivity contribution in [2.75, 3.05) is 139 Å². The zero-order chi connectivity index (χ0) is 52.5. The normalized spacial score (nSPS) is 17.6. The fourth-order valence-corrected chi connectivity index (χ4v) is 11.6. The van der Waals surface area contributed by atoms with E-state index in [-0.39, 0.29) is 17.1 Å². The van der Waals surface area contributed by atoms with Crippen LogP contribution in [0, 0.1) is 5.41 Å². The number of amides is 1. The van der Waals surface area contributed by atoms with E-state index in [0.29, 0.717) is 64.7 Å². The molecule has 398 valence electrons. The second-order valence-corrected chi connectivity index (χ2v) is 21.3. The van der Waals surface area contributed by atoms with Crippen molar-refractivity contribution in [2.24, 2.45) is 5.41 Å². The molecule has 76 heavy (non-hydrogen) atoms. The lowest BCUT2D eigenvalue weighted by atomic mass is 9.72. The lowest BCUT2D eigenvalue weighted by Gasteiger charge is -2.60. The van der Waals surface area contributed by atoms with Crippen molar-refractivity contribution in [2.45, 2.75) is 38.6 Å². The second-order valence-electron chi connectivity index (χ2n) is 21.3. The minimum atomic E-state index is -0.666. The number of phenols is 1. The molecule has 3 saturated heterocycles. The molecule has 2 N–H and O–H groups in total. The van der Waals surface area contributed by atoms with Crippen LogP contribution >= 0.6 is 0 Å². The summed E-state index contributed by atoms with van der Waals surface area (Å²) in [4.78, 5) is 49.9. The molecular formula is C58H70N12O6. The molecule has 0 radical (unpaired) electrons. The van der Waals surface area contributed by atoms with Crippen LogP contribution < -0.4 is 33.8 Å². The van der Waals surface area contributed by atoms with E-state index in [4.69, 9.17) is 34.1 Å². The summed E-state index contributed by atoms with van der Waals surface area (Å²) in [5.41, 5.74) is 6.25. The number of carbonyl (C=O) groups excluding carboxylic acids is 1. The van der Waals surface area contributed by atoms with Gasteiger partial charge in [-0.1, -0.05) is 61.7 Å². The molecule has 18 heteroatoms. The van der Waals surface area contributed by atoms with Crippen LogP contribution in [0.4, 0.5) is 23.0 Å². The van der Waals surface area contributed by atoms with E-state index in [9.17, 15) is 15.0 Å². The van der Waals surface area contributed by atoms with E-state index >= 15 is 0 Å². The van der Waals surface area contributed by atoms with Crippen LogP contribution in [-0.2, 0) is 30.7 Å². The highest BCUT2D eigenvalue weighted by Crippen LogP contribution is 2.45. The molecule has 1 atom stereocenters. The Hall–Kier alpha value is -7.25. The third-order valence-electron chi connectivity index (χ3n) is 15.6. The SMILES string of the molecule is C=CC(=O)N1CC2(C1)CN(c1nc(OCCN(C)COc3cc(N4CCc5c(nc(OCCCN(C)C)nc5N5CCN(C(O)C=C)CC5)C4)c4ccccc4c3)nc3c1CCN(c1cc(O)cc4ccccc14)C3)C2. The number of aromatic nitrogens is 4. The average molecular weight is 1030 g/mol. The molecule has 1 amide bonds. The topological polar surface area (TPSA) is 163 Å². The Kier molecular flexibility index (Phi) is 14.6. The number of piperazine rings is 1. The monoisotopic (exact) mass is 1030 g/mol. The molecule has 18 nitrogen and oxygen atoms in total. The summed E-state index contributed by atoms with van der Waals surface area (Å²) in [6, 6.07) is 25.2. The second kappa shape index (κ2) is 21.8. The average Bonchev–Trinajstić information content (AvgIpc) is 3.52. The van der Waals surface area contributed by atoms with Crippen molar-refractivity contribution >= 4 is 50.5 Å². The molecule has 5 aliphatic rings. The first-order valence-corrected chi connectivity index (χ1v) is 26.6. The summed E-state index contributed by atoms with van der Waals surface area (Å²) in [5.74, 6) is 2.80. The smallest absolute Gasteiger partial charge is 0.318 e. The van der Waals surface area contributed by atoms with Gasteiger partial charge in [-0.3, -0.25) is 14.6 Å². The van der Waals surface area contributed by atoms with Gasteiger partial charge in [-0.05, 0) is 75.5 Å². The van der Waals surface area contributed by atoms with Gasteiger partial charge in [0.25, 0.3) is 0 Å². The predicted octanol–water partition coefficient (Wildman–Crippen LogP) is 5.54. The Morgan fingerprint density at radius 3 is 1.91 bits per heavy atom.